The minimum atomic E-state index is -0.00187. The minimum absolute atomic E-state index is 0.00187. The van der Waals surface area contributed by atoms with Crippen LogP contribution in [0.15, 0.2) is 18.2 Å². The van der Waals surface area contributed by atoms with E-state index >= 15 is 0 Å². The Bertz CT molecular complexity index is 412. The summed E-state index contributed by atoms with van der Waals surface area (Å²) in [5, 5.41) is 3.00. The molecule has 0 atom stereocenters. The molecule has 0 heterocycles. The molecule has 100 valence electrons. The van der Waals surface area contributed by atoms with Crippen LogP contribution in [0.1, 0.15) is 31.9 Å². The van der Waals surface area contributed by atoms with Crippen LogP contribution in [-0.2, 0) is 4.79 Å². The number of hydrogen-bond acceptors (Lipinski definition) is 2. The fourth-order valence-corrected chi connectivity index (χ4v) is 1.64. The lowest BCUT2D eigenvalue weighted by atomic mass is 10.1. The van der Waals surface area contributed by atoms with E-state index in [-0.39, 0.29) is 11.4 Å². The van der Waals surface area contributed by atoms with Crippen molar-refractivity contribution >= 4 is 11.6 Å². The van der Waals surface area contributed by atoms with E-state index in [2.05, 4.69) is 26.1 Å². The van der Waals surface area contributed by atoms with Crippen LogP contribution in [-0.4, -0.2) is 29.9 Å². The maximum atomic E-state index is 12.0. The first-order valence-electron chi connectivity index (χ1n) is 6.29. The number of carbonyl (C=O) groups is 1. The Morgan fingerprint density at radius 3 is 2.17 bits per heavy atom. The van der Waals surface area contributed by atoms with Crippen molar-refractivity contribution in [2.45, 2.75) is 40.2 Å². The molecule has 0 saturated carbocycles. The monoisotopic (exact) mass is 248 g/mol. The highest BCUT2D eigenvalue weighted by Gasteiger charge is 2.19. The summed E-state index contributed by atoms with van der Waals surface area (Å²) in [6, 6.07) is 6.02. The first-order chi connectivity index (χ1) is 8.21. The summed E-state index contributed by atoms with van der Waals surface area (Å²) in [4.78, 5) is 14.1. The molecule has 0 aliphatic heterocycles. The van der Waals surface area contributed by atoms with E-state index in [9.17, 15) is 4.79 Å². The summed E-state index contributed by atoms with van der Waals surface area (Å²) in [6.07, 6.45) is 0. The third-order valence-corrected chi connectivity index (χ3v) is 3.27. The van der Waals surface area contributed by atoms with Crippen molar-refractivity contribution in [2.24, 2.45) is 0 Å². The Kier molecular flexibility index (Phi) is 4.52. The Hall–Kier alpha value is -1.35. The van der Waals surface area contributed by atoms with Gasteiger partial charge in [-0.25, -0.2) is 0 Å². The van der Waals surface area contributed by atoms with Gasteiger partial charge in [-0.3, -0.25) is 9.69 Å². The van der Waals surface area contributed by atoms with E-state index in [0.717, 1.165) is 16.8 Å². The van der Waals surface area contributed by atoms with Crippen molar-refractivity contribution in [3.05, 3.63) is 29.3 Å². The number of anilines is 1. The van der Waals surface area contributed by atoms with Gasteiger partial charge in [-0.2, -0.15) is 0 Å². The average Bonchev–Trinajstić information content (AvgIpc) is 2.22. The minimum Gasteiger partial charge on any atom is -0.324 e. The zero-order chi connectivity index (χ0) is 13.9. The van der Waals surface area contributed by atoms with Gasteiger partial charge in [0.15, 0.2) is 0 Å². The SMILES string of the molecule is Cc1cccc(C)c1NC(=O)CN(C)C(C)(C)C. The number of hydrogen-bond donors (Lipinski definition) is 1. The Morgan fingerprint density at radius 1 is 1.22 bits per heavy atom. The molecule has 0 unspecified atom stereocenters. The van der Waals surface area contributed by atoms with Gasteiger partial charge >= 0.3 is 0 Å². The van der Waals surface area contributed by atoms with Crippen LogP contribution >= 0.6 is 0 Å². The summed E-state index contributed by atoms with van der Waals surface area (Å²) in [6.45, 7) is 10.7. The number of aryl methyl sites for hydroxylation is 2. The number of para-hydroxylation sites is 1. The predicted molar refractivity (Wildman–Crippen MR) is 76.9 cm³/mol. The molecule has 0 aromatic heterocycles. The second-order valence-electron chi connectivity index (χ2n) is 5.84. The molecule has 3 heteroatoms. The molecule has 0 aliphatic carbocycles. The van der Waals surface area contributed by atoms with Crippen molar-refractivity contribution in [3.8, 4) is 0 Å². The van der Waals surface area contributed by atoms with Gasteiger partial charge in [-0.05, 0) is 52.8 Å². The smallest absolute Gasteiger partial charge is 0.238 e. The highest BCUT2D eigenvalue weighted by Crippen LogP contribution is 2.19. The van der Waals surface area contributed by atoms with Gasteiger partial charge in [-0.1, -0.05) is 18.2 Å². The van der Waals surface area contributed by atoms with Crippen LogP contribution in [0.2, 0.25) is 0 Å². The lowest BCUT2D eigenvalue weighted by Gasteiger charge is -2.31. The molecule has 1 N–H and O–H groups in total. The summed E-state index contributed by atoms with van der Waals surface area (Å²) < 4.78 is 0. The highest BCUT2D eigenvalue weighted by atomic mass is 16.2. The summed E-state index contributed by atoms with van der Waals surface area (Å²) >= 11 is 0. The van der Waals surface area contributed by atoms with Crippen molar-refractivity contribution in [3.63, 3.8) is 0 Å². The molecule has 0 saturated heterocycles. The van der Waals surface area contributed by atoms with Crippen LogP contribution in [0.3, 0.4) is 0 Å². The predicted octanol–water partition coefficient (Wildman–Crippen LogP) is 2.97. The first-order valence-corrected chi connectivity index (χ1v) is 6.29. The number of likely N-dealkylation sites (N-methyl/N-ethyl adjacent to an activating group) is 1. The molecule has 1 aromatic carbocycles. The van der Waals surface area contributed by atoms with Gasteiger partial charge in [0.1, 0.15) is 0 Å². The van der Waals surface area contributed by atoms with Crippen LogP contribution in [0, 0.1) is 13.8 Å². The third kappa shape index (κ3) is 3.84. The second kappa shape index (κ2) is 5.53. The molecule has 18 heavy (non-hydrogen) atoms. The Morgan fingerprint density at radius 2 is 1.72 bits per heavy atom. The Balaban J connectivity index is 2.72. The van der Waals surface area contributed by atoms with Crippen molar-refractivity contribution < 1.29 is 4.79 Å². The maximum Gasteiger partial charge on any atom is 0.238 e. The van der Waals surface area contributed by atoms with Gasteiger partial charge in [0.2, 0.25) is 5.91 Å². The topological polar surface area (TPSA) is 32.3 Å². The van der Waals surface area contributed by atoms with Crippen LogP contribution in [0.5, 0.6) is 0 Å². The third-order valence-electron chi connectivity index (χ3n) is 3.27. The molecule has 0 bridgehead atoms. The molecule has 0 radical (unpaired) electrons. The van der Waals surface area contributed by atoms with Crippen LogP contribution in [0.4, 0.5) is 5.69 Å². The van der Waals surface area contributed by atoms with E-state index in [0.29, 0.717) is 6.54 Å². The molecule has 1 aromatic rings. The molecule has 1 amide bonds. The summed E-state index contributed by atoms with van der Waals surface area (Å²) in [5.41, 5.74) is 3.13. The molecule has 0 spiro atoms. The fourth-order valence-electron chi connectivity index (χ4n) is 1.64. The van der Waals surface area contributed by atoms with E-state index < -0.39 is 0 Å². The largest absolute Gasteiger partial charge is 0.324 e. The zero-order valence-electron chi connectivity index (χ0n) is 12.3. The van der Waals surface area contributed by atoms with Gasteiger partial charge in [-0.15, -0.1) is 0 Å². The average molecular weight is 248 g/mol. The number of nitrogens with one attached hydrogen (secondary N) is 1. The van der Waals surface area contributed by atoms with Gasteiger partial charge in [0.05, 0.1) is 6.54 Å². The number of rotatable bonds is 3. The maximum absolute atomic E-state index is 12.0. The second-order valence-corrected chi connectivity index (χ2v) is 5.84. The van der Waals surface area contributed by atoms with Crippen molar-refractivity contribution in [1.82, 2.24) is 4.90 Å². The summed E-state index contributed by atoms with van der Waals surface area (Å²) in [7, 11) is 1.96. The van der Waals surface area contributed by atoms with Gasteiger partial charge in [0.25, 0.3) is 0 Å². The zero-order valence-corrected chi connectivity index (χ0v) is 12.3. The molecule has 3 nitrogen and oxygen atoms in total. The molecule has 1 rings (SSSR count). The summed E-state index contributed by atoms with van der Waals surface area (Å²) in [5.74, 6) is 0.0322. The normalized spacial score (nSPS) is 11.7. The van der Waals surface area contributed by atoms with E-state index in [1.807, 2.05) is 44.0 Å². The van der Waals surface area contributed by atoms with Crippen molar-refractivity contribution in [2.75, 3.05) is 18.9 Å². The number of benzene rings is 1. The number of nitrogens with zero attached hydrogens (tertiary/aromatic N) is 1. The molecule has 0 aliphatic rings. The Labute approximate surface area is 110 Å². The molecular weight excluding hydrogens is 224 g/mol. The van der Waals surface area contributed by atoms with E-state index in [4.69, 9.17) is 0 Å². The lowest BCUT2D eigenvalue weighted by Crippen LogP contribution is -2.42. The van der Waals surface area contributed by atoms with Gasteiger partial charge < -0.3 is 5.32 Å². The van der Waals surface area contributed by atoms with Crippen LogP contribution in [0.25, 0.3) is 0 Å². The number of carbonyl (C=O) groups excluding carboxylic acids is 1. The van der Waals surface area contributed by atoms with Crippen LogP contribution < -0.4 is 5.32 Å². The molecule has 0 fully saturated rings. The number of amides is 1. The lowest BCUT2D eigenvalue weighted by molar-refractivity contribution is -0.118. The molecular formula is C15H24N2O. The van der Waals surface area contributed by atoms with E-state index in [1.54, 1.807) is 0 Å². The first kappa shape index (κ1) is 14.7. The quantitative estimate of drug-likeness (QED) is 0.892. The van der Waals surface area contributed by atoms with E-state index in [1.165, 1.54) is 0 Å². The van der Waals surface area contributed by atoms with Gasteiger partial charge in [0, 0.05) is 11.2 Å². The highest BCUT2D eigenvalue weighted by molar-refractivity contribution is 5.93. The van der Waals surface area contributed by atoms with Crippen molar-refractivity contribution in [1.29, 1.82) is 0 Å². The standard InChI is InChI=1S/C15H24N2O/c1-11-8-7-9-12(2)14(11)16-13(18)10-17(6)15(3,4)5/h7-9H,10H2,1-6H3,(H,16,18). The fraction of sp³-hybridized carbons (Fsp3) is 0.533.